The minimum atomic E-state index is -0.923. The van der Waals surface area contributed by atoms with E-state index in [1.54, 1.807) is 20.8 Å². The third kappa shape index (κ3) is 5.50. The normalized spacial score (nSPS) is 21.1. The quantitative estimate of drug-likeness (QED) is 0.690. The number of fused-ring (bicyclic) bond motifs is 1. The van der Waals surface area contributed by atoms with Gasteiger partial charge in [-0.15, -0.1) is 11.3 Å². The van der Waals surface area contributed by atoms with Gasteiger partial charge in [-0.2, -0.15) is 0 Å². The molecule has 1 heterocycles. The van der Waals surface area contributed by atoms with Crippen LogP contribution in [0, 0.1) is 11.8 Å². The van der Waals surface area contributed by atoms with Crippen LogP contribution >= 0.6 is 11.3 Å². The van der Waals surface area contributed by atoms with E-state index in [9.17, 15) is 9.90 Å². The predicted octanol–water partition coefficient (Wildman–Crippen LogP) is 4.31. The molecule has 1 saturated carbocycles. The first kappa shape index (κ1) is 20.2. The summed E-state index contributed by atoms with van der Waals surface area (Å²) in [4.78, 5) is 15.6. The zero-order valence-electron chi connectivity index (χ0n) is 16.5. The van der Waals surface area contributed by atoms with E-state index in [0.717, 1.165) is 28.8 Å². The van der Waals surface area contributed by atoms with E-state index in [4.69, 9.17) is 9.47 Å². The average molecular weight is 392 g/mol. The number of Topliss-reactive ketones (excluding diaryl/α,β-unsaturated/α-hetero) is 1. The van der Waals surface area contributed by atoms with Crippen molar-refractivity contribution in [1.82, 2.24) is 4.98 Å². The molecule has 1 aromatic carbocycles. The van der Waals surface area contributed by atoms with E-state index in [0.29, 0.717) is 36.7 Å². The molecule has 1 atom stereocenters. The molecular formula is C21H29NO4S. The number of ketones is 1. The second-order valence-corrected chi connectivity index (χ2v) is 9.35. The van der Waals surface area contributed by atoms with Gasteiger partial charge in [0.25, 0.3) is 0 Å². The molecule has 1 aliphatic rings. The maximum Gasteiger partial charge on any atom is 0.130 e. The van der Waals surface area contributed by atoms with E-state index in [1.165, 1.54) is 11.3 Å². The molecule has 148 valence electrons. The Labute approximate surface area is 164 Å². The molecule has 0 bridgehead atoms. The Morgan fingerprint density at radius 3 is 2.81 bits per heavy atom. The number of aromatic nitrogens is 1. The Morgan fingerprint density at radius 1 is 1.41 bits per heavy atom. The van der Waals surface area contributed by atoms with Crippen LogP contribution in [0.2, 0.25) is 0 Å². The average Bonchev–Trinajstić information content (AvgIpc) is 2.95. The van der Waals surface area contributed by atoms with Crippen LogP contribution in [-0.4, -0.2) is 35.2 Å². The molecule has 27 heavy (non-hydrogen) atoms. The van der Waals surface area contributed by atoms with E-state index in [-0.39, 0.29) is 11.7 Å². The summed E-state index contributed by atoms with van der Waals surface area (Å²) in [6, 6.07) is 5.88. The monoisotopic (exact) mass is 391 g/mol. The highest BCUT2D eigenvalue weighted by atomic mass is 32.1. The number of ether oxygens (including phenoxy) is 2. The number of rotatable bonds is 9. The summed E-state index contributed by atoms with van der Waals surface area (Å²) in [5, 5.41) is 10.8. The fourth-order valence-corrected chi connectivity index (χ4v) is 4.26. The molecule has 0 radical (unpaired) electrons. The molecule has 3 rings (SSSR count). The highest BCUT2D eigenvalue weighted by Gasteiger charge is 2.30. The topological polar surface area (TPSA) is 68.7 Å². The first-order valence-electron chi connectivity index (χ1n) is 9.58. The molecule has 1 N–H and O–H groups in total. The molecule has 0 amide bonds. The van der Waals surface area contributed by atoms with Gasteiger partial charge in [-0.3, -0.25) is 0 Å². The van der Waals surface area contributed by atoms with Gasteiger partial charge in [-0.25, -0.2) is 4.98 Å². The van der Waals surface area contributed by atoms with Gasteiger partial charge in [-0.1, -0.05) is 6.92 Å². The van der Waals surface area contributed by atoms with Crippen molar-refractivity contribution in [3.05, 3.63) is 23.2 Å². The highest BCUT2D eigenvalue weighted by Crippen LogP contribution is 2.34. The van der Waals surface area contributed by atoms with Crippen molar-refractivity contribution in [2.24, 2.45) is 11.8 Å². The van der Waals surface area contributed by atoms with Gasteiger partial charge >= 0.3 is 0 Å². The van der Waals surface area contributed by atoms with Crippen LogP contribution in [-0.2, 0) is 15.1 Å². The van der Waals surface area contributed by atoms with E-state index in [1.807, 2.05) is 18.2 Å². The number of carbonyl (C=O) groups is 1. The Morgan fingerprint density at radius 2 is 2.15 bits per heavy atom. The third-order valence-corrected chi connectivity index (χ3v) is 6.14. The molecule has 0 spiro atoms. The van der Waals surface area contributed by atoms with Crippen molar-refractivity contribution in [2.75, 3.05) is 13.2 Å². The van der Waals surface area contributed by atoms with E-state index >= 15 is 0 Å². The number of benzene rings is 1. The van der Waals surface area contributed by atoms with Crippen LogP contribution in [0.1, 0.15) is 52.0 Å². The lowest BCUT2D eigenvalue weighted by Crippen LogP contribution is -2.36. The summed E-state index contributed by atoms with van der Waals surface area (Å²) < 4.78 is 12.9. The molecule has 0 unspecified atom stereocenters. The fraction of sp³-hybridized carbons (Fsp3) is 0.619. The molecule has 5 nitrogen and oxygen atoms in total. The lowest BCUT2D eigenvalue weighted by molar-refractivity contribution is -0.119. The molecular weight excluding hydrogens is 362 g/mol. The standard InChI is InChI=1S/C21H29NO4S/c1-13(7-14(2)23)11-25-17-8-15(9-17)12-26-16-5-6-18-19(10-16)27-20(22-18)21(3,4)24/h5-6,10,13,15,17,24H,7-9,11-12H2,1-4H3/t13-,15?,17?/m1/s1. The fourth-order valence-electron chi connectivity index (χ4n) is 3.27. The molecule has 1 fully saturated rings. The van der Waals surface area contributed by atoms with Gasteiger partial charge in [0.1, 0.15) is 22.1 Å². The van der Waals surface area contributed by atoms with Gasteiger partial charge < -0.3 is 19.4 Å². The minimum Gasteiger partial charge on any atom is -0.493 e. The van der Waals surface area contributed by atoms with Crippen molar-refractivity contribution in [3.63, 3.8) is 0 Å². The molecule has 1 aromatic heterocycles. The van der Waals surface area contributed by atoms with Gasteiger partial charge in [0.15, 0.2) is 0 Å². The van der Waals surface area contributed by atoms with Crippen LogP contribution < -0.4 is 4.74 Å². The summed E-state index contributed by atoms with van der Waals surface area (Å²) in [5.74, 6) is 1.87. The zero-order valence-corrected chi connectivity index (χ0v) is 17.3. The predicted molar refractivity (Wildman–Crippen MR) is 107 cm³/mol. The van der Waals surface area contributed by atoms with Gasteiger partial charge in [0.2, 0.25) is 0 Å². The Kier molecular flexibility index (Phi) is 6.18. The first-order chi connectivity index (χ1) is 12.7. The van der Waals surface area contributed by atoms with E-state index < -0.39 is 5.60 Å². The Balaban J connectivity index is 1.43. The van der Waals surface area contributed by atoms with Crippen LogP contribution in [0.5, 0.6) is 5.75 Å². The minimum absolute atomic E-state index is 0.221. The summed E-state index contributed by atoms with van der Waals surface area (Å²) in [5.41, 5.74) is -0.0330. The van der Waals surface area contributed by atoms with Crippen molar-refractivity contribution < 1.29 is 19.4 Å². The largest absolute Gasteiger partial charge is 0.493 e. The number of hydrogen-bond donors (Lipinski definition) is 1. The Bertz CT molecular complexity index is 789. The van der Waals surface area contributed by atoms with Gasteiger partial charge in [0.05, 0.1) is 22.9 Å². The zero-order chi connectivity index (χ0) is 19.6. The van der Waals surface area contributed by atoms with Crippen molar-refractivity contribution in [1.29, 1.82) is 0 Å². The summed E-state index contributed by atoms with van der Waals surface area (Å²) >= 11 is 1.50. The lowest BCUT2D eigenvalue weighted by atomic mass is 9.83. The maximum absolute atomic E-state index is 11.1. The van der Waals surface area contributed by atoms with Crippen LogP contribution in [0.3, 0.4) is 0 Å². The molecule has 0 aliphatic heterocycles. The van der Waals surface area contributed by atoms with Crippen molar-refractivity contribution >= 4 is 27.3 Å². The molecule has 6 heteroatoms. The molecule has 2 aromatic rings. The third-order valence-electron chi connectivity index (χ3n) is 4.81. The second-order valence-electron chi connectivity index (χ2n) is 8.32. The molecule has 0 saturated heterocycles. The summed E-state index contributed by atoms with van der Waals surface area (Å²) in [6.07, 6.45) is 2.91. The van der Waals surface area contributed by atoms with Gasteiger partial charge in [0, 0.05) is 13.0 Å². The van der Waals surface area contributed by atoms with Gasteiger partial charge in [-0.05, 0) is 63.6 Å². The smallest absolute Gasteiger partial charge is 0.130 e. The second kappa shape index (κ2) is 8.25. The van der Waals surface area contributed by atoms with Crippen LogP contribution in [0.15, 0.2) is 18.2 Å². The summed E-state index contributed by atoms with van der Waals surface area (Å²) in [7, 11) is 0. The highest BCUT2D eigenvalue weighted by molar-refractivity contribution is 7.18. The van der Waals surface area contributed by atoms with E-state index in [2.05, 4.69) is 11.9 Å². The lowest BCUT2D eigenvalue weighted by Gasteiger charge is -2.35. The first-order valence-corrected chi connectivity index (χ1v) is 10.4. The SMILES string of the molecule is CC(=O)C[C@@H](C)COC1CC(COc2ccc3nc(C(C)(C)O)sc3c2)C1. The van der Waals surface area contributed by atoms with Crippen LogP contribution in [0.4, 0.5) is 0 Å². The number of thiazole rings is 1. The molecule has 1 aliphatic carbocycles. The number of nitrogens with zero attached hydrogens (tertiary/aromatic N) is 1. The number of carbonyl (C=O) groups excluding carboxylic acids is 1. The van der Waals surface area contributed by atoms with Crippen molar-refractivity contribution in [3.8, 4) is 5.75 Å². The number of hydrogen-bond acceptors (Lipinski definition) is 6. The van der Waals surface area contributed by atoms with Crippen LogP contribution in [0.25, 0.3) is 10.2 Å². The number of aliphatic hydroxyl groups is 1. The van der Waals surface area contributed by atoms with Crippen molar-refractivity contribution in [2.45, 2.75) is 58.7 Å². The maximum atomic E-state index is 11.1. The Hall–Kier alpha value is -1.50. The summed E-state index contributed by atoms with van der Waals surface area (Å²) in [6.45, 7) is 8.52.